The third-order valence-electron chi connectivity index (χ3n) is 3.36. The minimum Gasteiger partial charge on any atom is -0.481 e. The second kappa shape index (κ2) is 7.95. The Balaban J connectivity index is 2.22. The minimum atomic E-state index is -0.796. The Kier molecular flexibility index (Phi) is 6.54. The molecule has 0 spiro atoms. The van der Waals surface area contributed by atoms with Crippen molar-refractivity contribution in [3.63, 3.8) is 0 Å². The second-order valence-corrected chi connectivity index (χ2v) is 4.92. The molecule has 2 N–H and O–H groups in total. The van der Waals surface area contributed by atoms with E-state index in [0.29, 0.717) is 26.1 Å². The molecule has 1 heterocycles. The molecule has 1 rings (SSSR count). The molecule has 0 saturated carbocycles. The highest BCUT2D eigenvalue weighted by Gasteiger charge is 2.27. The van der Waals surface area contributed by atoms with Crippen molar-refractivity contribution in [3.8, 4) is 0 Å². The van der Waals surface area contributed by atoms with Gasteiger partial charge in [-0.1, -0.05) is 26.2 Å². The van der Waals surface area contributed by atoms with Crippen LogP contribution in [0.3, 0.4) is 0 Å². The Morgan fingerprint density at radius 3 is 2.78 bits per heavy atom. The third-order valence-corrected chi connectivity index (χ3v) is 3.36. The van der Waals surface area contributed by atoms with E-state index in [4.69, 9.17) is 5.11 Å². The van der Waals surface area contributed by atoms with E-state index in [1.165, 1.54) is 12.8 Å². The Morgan fingerprint density at radius 2 is 2.11 bits per heavy atom. The van der Waals surface area contributed by atoms with Gasteiger partial charge in [0.05, 0.1) is 5.92 Å². The highest BCUT2D eigenvalue weighted by atomic mass is 16.4. The topological polar surface area (TPSA) is 69.6 Å². The molecule has 1 atom stereocenters. The average molecular weight is 256 g/mol. The van der Waals surface area contributed by atoms with Gasteiger partial charge in [-0.2, -0.15) is 0 Å². The van der Waals surface area contributed by atoms with Crippen LogP contribution in [0.1, 0.15) is 45.4 Å². The maximum Gasteiger partial charge on any atom is 0.317 e. The number of hydrogen-bond donors (Lipinski definition) is 2. The molecule has 5 heteroatoms. The first-order valence-electron chi connectivity index (χ1n) is 6.90. The van der Waals surface area contributed by atoms with Gasteiger partial charge in [-0.25, -0.2) is 4.79 Å². The van der Waals surface area contributed by atoms with Gasteiger partial charge in [0.2, 0.25) is 0 Å². The van der Waals surface area contributed by atoms with Crippen LogP contribution in [0.2, 0.25) is 0 Å². The number of piperidine rings is 1. The fraction of sp³-hybridized carbons (Fsp3) is 0.846. The summed E-state index contributed by atoms with van der Waals surface area (Å²) >= 11 is 0. The van der Waals surface area contributed by atoms with Crippen LogP contribution in [-0.2, 0) is 4.79 Å². The Bertz CT molecular complexity index is 281. The molecule has 1 aliphatic heterocycles. The molecule has 0 aromatic carbocycles. The third kappa shape index (κ3) is 4.94. The molecule has 0 bridgehead atoms. The van der Waals surface area contributed by atoms with E-state index >= 15 is 0 Å². The van der Waals surface area contributed by atoms with E-state index < -0.39 is 11.9 Å². The predicted molar refractivity (Wildman–Crippen MR) is 69.5 cm³/mol. The summed E-state index contributed by atoms with van der Waals surface area (Å²) in [7, 11) is 0. The van der Waals surface area contributed by atoms with Crippen LogP contribution >= 0.6 is 0 Å². The van der Waals surface area contributed by atoms with Crippen LogP contribution in [0.4, 0.5) is 4.79 Å². The second-order valence-electron chi connectivity index (χ2n) is 4.92. The lowest BCUT2D eigenvalue weighted by molar-refractivity contribution is -0.143. The summed E-state index contributed by atoms with van der Waals surface area (Å²) in [6.45, 7) is 3.85. The fourth-order valence-electron chi connectivity index (χ4n) is 2.22. The number of carboxylic acids is 1. The van der Waals surface area contributed by atoms with Gasteiger partial charge in [-0.15, -0.1) is 0 Å². The van der Waals surface area contributed by atoms with Crippen molar-refractivity contribution in [1.82, 2.24) is 10.2 Å². The maximum absolute atomic E-state index is 11.8. The molecule has 1 saturated heterocycles. The van der Waals surface area contributed by atoms with Crippen molar-refractivity contribution in [1.29, 1.82) is 0 Å². The molecular formula is C13H24N2O3. The van der Waals surface area contributed by atoms with E-state index in [1.807, 2.05) is 0 Å². The highest BCUT2D eigenvalue weighted by Crippen LogP contribution is 2.16. The lowest BCUT2D eigenvalue weighted by Crippen LogP contribution is -2.47. The summed E-state index contributed by atoms with van der Waals surface area (Å²) in [5.41, 5.74) is 0. The standard InChI is InChI=1S/C13H24N2O3/c1-2-3-4-5-8-14-13(18)15-9-6-7-11(10-15)12(16)17/h11H,2-10H2,1H3,(H,14,18)(H,16,17)/t11-/m1/s1. The van der Waals surface area contributed by atoms with E-state index in [-0.39, 0.29) is 6.03 Å². The smallest absolute Gasteiger partial charge is 0.317 e. The summed E-state index contributed by atoms with van der Waals surface area (Å²) < 4.78 is 0. The van der Waals surface area contributed by atoms with Gasteiger partial charge in [0.1, 0.15) is 0 Å². The largest absolute Gasteiger partial charge is 0.481 e. The van der Waals surface area contributed by atoms with E-state index in [1.54, 1.807) is 4.90 Å². The van der Waals surface area contributed by atoms with Crippen LogP contribution in [0.15, 0.2) is 0 Å². The Labute approximate surface area is 109 Å². The number of urea groups is 1. The first-order chi connectivity index (χ1) is 8.65. The summed E-state index contributed by atoms with van der Waals surface area (Å²) in [5, 5.41) is 11.8. The fourth-order valence-corrected chi connectivity index (χ4v) is 2.22. The summed E-state index contributed by atoms with van der Waals surface area (Å²) in [6, 6.07) is -0.113. The van der Waals surface area contributed by atoms with E-state index in [0.717, 1.165) is 19.3 Å². The SMILES string of the molecule is CCCCCCNC(=O)N1CCC[C@@H](C(=O)O)C1. The molecule has 18 heavy (non-hydrogen) atoms. The lowest BCUT2D eigenvalue weighted by atomic mass is 9.99. The van der Waals surface area contributed by atoms with Crippen molar-refractivity contribution in [3.05, 3.63) is 0 Å². The predicted octanol–water partition coefficient (Wildman–Crippen LogP) is 2.07. The van der Waals surface area contributed by atoms with Crippen LogP contribution < -0.4 is 5.32 Å². The number of carboxylic acid groups (broad SMARTS) is 1. The molecule has 1 fully saturated rings. The molecule has 2 amide bonds. The quantitative estimate of drug-likeness (QED) is 0.715. The van der Waals surface area contributed by atoms with Gasteiger partial charge in [-0.3, -0.25) is 4.79 Å². The number of aliphatic carboxylic acids is 1. The van der Waals surface area contributed by atoms with E-state index in [2.05, 4.69) is 12.2 Å². The first-order valence-corrected chi connectivity index (χ1v) is 6.90. The molecule has 5 nitrogen and oxygen atoms in total. The number of amides is 2. The molecule has 0 aromatic heterocycles. The zero-order chi connectivity index (χ0) is 13.4. The Hall–Kier alpha value is -1.26. The molecule has 0 unspecified atom stereocenters. The molecule has 104 valence electrons. The Morgan fingerprint density at radius 1 is 1.33 bits per heavy atom. The van der Waals surface area contributed by atoms with Crippen molar-refractivity contribution in [2.75, 3.05) is 19.6 Å². The molecule has 0 radical (unpaired) electrons. The molecule has 0 aromatic rings. The lowest BCUT2D eigenvalue weighted by Gasteiger charge is -2.30. The van der Waals surface area contributed by atoms with Crippen molar-refractivity contribution >= 4 is 12.0 Å². The first kappa shape index (κ1) is 14.8. The van der Waals surface area contributed by atoms with Crippen LogP contribution in [0, 0.1) is 5.92 Å². The number of nitrogens with one attached hydrogen (secondary N) is 1. The average Bonchev–Trinajstić information content (AvgIpc) is 2.38. The van der Waals surface area contributed by atoms with Gasteiger partial charge in [0, 0.05) is 19.6 Å². The molecular weight excluding hydrogens is 232 g/mol. The number of carbonyl (C=O) groups is 2. The number of unbranched alkanes of at least 4 members (excludes halogenated alkanes) is 3. The van der Waals surface area contributed by atoms with Crippen molar-refractivity contribution in [2.24, 2.45) is 5.92 Å². The zero-order valence-electron chi connectivity index (χ0n) is 11.2. The molecule has 0 aliphatic carbocycles. The maximum atomic E-state index is 11.8. The van der Waals surface area contributed by atoms with Gasteiger partial charge >= 0.3 is 12.0 Å². The van der Waals surface area contributed by atoms with Crippen molar-refractivity contribution < 1.29 is 14.7 Å². The van der Waals surface area contributed by atoms with Crippen molar-refractivity contribution in [2.45, 2.75) is 45.4 Å². The van der Waals surface area contributed by atoms with Gasteiger partial charge in [0.15, 0.2) is 0 Å². The zero-order valence-corrected chi connectivity index (χ0v) is 11.2. The normalized spacial score (nSPS) is 19.6. The minimum absolute atomic E-state index is 0.113. The highest BCUT2D eigenvalue weighted by molar-refractivity contribution is 5.76. The van der Waals surface area contributed by atoms with Crippen LogP contribution in [0.25, 0.3) is 0 Å². The number of likely N-dealkylation sites (tertiary alicyclic amines) is 1. The number of nitrogens with zero attached hydrogens (tertiary/aromatic N) is 1. The monoisotopic (exact) mass is 256 g/mol. The van der Waals surface area contributed by atoms with Crippen LogP contribution in [0.5, 0.6) is 0 Å². The van der Waals surface area contributed by atoms with Gasteiger partial charge in [-0.05, 0) is 19.3 Å². The van der Waals surface area contributed by atoms with E-state index in [9.17, 15) is 9.59 Å². The van der Waals surface area contributed by atoms with Gasteiger partial charge in [0.25, 0.3) is 0 Å². The summed E-state index contributed by atoms with van der Waals surface area (Å²) in [5.74, 6) is -1.19. The van der Waals surface area contributed by atoms with Gasteiger partial charge < -0.3 is 15.3 Å². The molecule has 1 aliphatic rings. The number of rotatable bonds is 6. The number of carbonyl (C=O) groups excluding carboxylic acids is 1. The van der Waals surface area contributed by atoms with Crippen LogP contribution in [-0.4, -0.2) is 41.6 Å². The number of hydrogen-bond acceptors (Lipinski definition) is 2. The summed E-state index contributed by atoms with van der Waals surface area (Å²) in [6.07, 6.45) is 5.96. The summed E-state index contributed by atoms with van der Waals surface area (Å²) in [4.78, 5) is 24.3.